The zero-order valence-corrected chi connectivity index (χ0v) is 10.9. The number of rotatable bonds is 1. The van der Waals surface area contributed by atoms with Gasteiger partial charge in [0.05, 0.1) is 19.1 Å². The molecule has 0 unspecified atom stereocenters. The predicted octanol–water partition coefficient (Wildman–Crippen LogP) is 1.57. The number of hydrogen-bond donors (Lipinski definition) is 0. The molecule has 3 fully saturated rings. The predicted molar refractivity (Wildman–Crippen MR) is 67.8 cm³/mol. The minimum absolute atomic E-state index is 0.0823. The first-order valence-electron chi connectivity index (χ1n) is 6.96. The first-order valence-corrected chi connectivity index (χ1v) is 6.96. The van der Waals surface area contributed by atoms with Crippen LogP contribution in [0.3, 0.4) is 0 Å². The van der Waals surface area contributed by atoms with E-state index >= 15 is 0 Å². The molecule has 0 N–H and O–H groups in total. The van der Waals surface area contributed by atoms with E-state index in [1.54, 1.807) is 0 Å². The maximum atomic E-state index is 11.3. The summed E-state index contributed by atoms with van der Waals surface area (Å²) in [7, 11) is 0. The summed E-state index contributed by atoms with van der Waals surface area (Å²) in [5.41, 5.74) is 0.997. The number of hydrogen-bond acceptors (Lipinski definition) is 5. The lowest BCUT2D eigenvalue weighted by atomic mass is 9.97. The molecule has 3 heterocycles. The fourth-order valence-corrected chi connectivity index (χ4v) is 3.07. The lowest BCUT2D eigenvalue weighted by molar-refractivity contribution is -0.296. The van der Waals surface area contributed by atoms with Crippen LogP contribution in [0.4, 0.5) is 0 Å². The SMILES string of the molecule is O=C1C[C@@H]2O[C@@H]3CO[C@@H](c4ccccc4)O[C@H]3C[C@@H]2O1. The molecule has 5 nitrogen and oxygen atoms in total. The third-order valence-electron chi connectivity index (χ3n) is 4.08. The van der Waals surface area contributed by atoms with Crippen molar-refractivity contribution in [3.63, 3.8) is 0 Å². The van der Waals surface area contributed by atoms with Gasteiger partial charge in [0.2, 0.25) is 0 Å². The second-order valence-electron chi connectivity index (χ2n) is 5.43. The van der Waals surface area contributed by atoms with Gasteiger partial charge in [0.25, 0.3) is 0 Å². The molecule has 1 aromatic carbocycles. The van der Waals surface area contributed by atoms with Gasteiger partial charge >= 0.3 is 5.97 Å². The van der Waals surface area contributed by atoms with E-state index in [1.165, 1.54) is 0 Å². The molecular weight excluding hydrogens is 260 g/mol. The van der Waals surface area contributed by atoms with E-state index in [9.17, 15) is 4.79 Å². The lowest BCUT2D eigenvalue weighted by Gasteiger charge is -2.42. The van der Waals surface area contributed by atoms with Crippen molar-refractivity contribution in [1.82, 2.24) is 0 Å². The highest BCUT2D eigenvalue weighted by atomic mass is 16.7. The van der Waals surface area contributed by atoms with Gasteiger partial charge in [0.15, 0.2) is 6.29 Å². The highest BCUT2D eigenvalue weighted by Gasteiger charge is 2.48. The number of ether oxygens (including phenoxy) is 4. The Labute approximate surface area is 116 Å². The molecule has 0 spiro atoms. The first-order chi connectivity index (χ1) is 9.79. The average molecular weight is 276 g/mol. The van der Waals surface area contributed by atoms with Gasteiger partial charge in [-0.1, -0.05) is 30.3 Å². The highest BCUT2D eigenvalue weighted by molar-refractivity contribution is 5.72. The van der Waals surface area contributed by atoms with Gasteiger partial charge in [0.1, 0.15) is 18.3 Å². The second kappa shape index (κ2) is 4.84. The number of benzene rings is 1. The smallest absolute Gasteiger partial charge is 0.308 e. The van der Waals surface area contributed by atoms with Crippen molar-refractivity contribution < 1.29 is 23.7 Å². The average Bonchev–Trinajstić information content (AvgIpc) is 2.84. The Bertz CT molecular complexity index is 502. The number of fused-ring (bicyclic) bond motifs is 2. The van der Waals surface area contributed by atoms with Crippen molar-refractivity contribution in [3.05, 3.63) is 35.9 Å². The molecule has 0 aliphatic carbocycles. The Balaban J connectivity index is 1.48. The lowest BCUT2D eigenvalue weighted by Crippen LogP contribution is -2.51. The van der Waals surface area contributed by atoms with E-state index < -0.39 is 0 Å². The molecule has 20 heavy (non-hydrogen) atoms. The van der Waals surface area contributed by atoms with Crippen molar-refractivity contribution in [2.75, 3.05) is 6.61 Å². The van der Waals surface area contributed by atoms with Gasteiger partial charge in [-0.2, -0.15) is 0 Å². The summed E-state index contributed by atoms with van der Waals surface area (Å²) in [6, 6.07) is 9.84. The molecule has 0 aromatic heterocycles. The molecular formula is C15H16O5. The van der Waals surface area contributed by atoms with Gasteiger partial charge in [-0.05, 0) is 0 Å². The molecule has 3 aliphatic heterocycles. The van der Waals surface area contributed by atoms with Gasteiger partial charge < -0.3 is 18.9 Å². The summed E-state index contributed by atoms with van der Waals surface area (Å²) in [5, 5.41) is 0. The summed E-state index contributed by atoms with van der Waals surface area (Å²) in [5.74, 6) is -0.181. The number of carbonyl (C=O) groups is 1. The molecule has 106 valence electrons. The molecule has 3 aliphatic rings. The van der Waals surface area contributed by atoms with E-state index in [0.29, 0.717) is 19.4 Å². The van der Waals surface area contributed by atoms with Crippen molar-refractivity contribution in [2.45, 2.75) is 43.5 Å². The van der Waals surface area contributed by atoms with Gasteiger partial charge in [-0.15, -0.1) is 0 Å². The maximum absolute atomic E-state index is 11.3. The Morgan fingerprint density at radius 1 is 0.950 bits per heavy atom. The first kappa shape index (κ1) is 12.3. The second-order valence-corrected chi connectivity index (χ2v) is 5.43. The van der Waals surface area contributed by atoms with Gasteiger partial charge in [-0.3, -0.25) is 4.79 Å². The van der Waals surface area contributed by atoms with Crippen molar-refractivity contribution in [1.29, 1.82) is 0 Å². The molecule has 5 atom stereocenters. The molecule has 0 radical (unpaired) electrons. The minimum Gasteiger partial charge on any atom is -0.459 e. The molecule has 3 saturated heterocycles. The summed E-state index contributed by atoms with van der Waals surface area (Å²) in [6.45, 7) is 0.488. The summed E-state index contributed by atoms with van der Waals surface area (Å²) in [6.07, 6.45) is 0.174. The zero-order chi connectivity index (χ0) is 13.5. The van der Waals surface area contributed by atoms with E-state index in [0.717, 1.165) is 5.56 Å². The van der Waals surface area contributed by atoms with Crippen LogP contribution < -0.4 is 0 Å². The van der Waals surface area contributed by atoms with Crippen LogP contribution in [0.1, 0.15) is 24.7 Å². The van der Waals surface area contributed by atoms with Crippen LogP contribution in [-0.4, -0.2) is 37.0 Å². The van der Waals surface area contributed by atoms with E-state index in [-0.39, 0.29) is 36.7 Å². The zero-order valence-electron chi connectivity index (χ0n) is 10.9. The largest absolute Gasteiger partial charge is 0.459 e. The van der Waals surface area contributed by atoms with Crippen LogP contribution in [0.15, 0.2) is 30.3 Å². The minimum atomic E-state index is -0.366. The highest BCUT2D eigenvalue weighted by Crippen LogP contribution is 2.37. The summed E-state index contributed by atoms with van der Waals surface area (Å²) >= 11 is 0. The van der Waals surface area contributed by atoms with E-state index in [2.05, 4.69) is 0 Å². The number of carbonyl (C=O) groups excluding carboxylic acids is 1. The van der Waals surface area contributed by atoms with Crippen molar-refractivity contribution >= 4 is 5.97 Å². The topological polar surface area (TPSA) is 54.0 Å². The van der Waals surface area contributed by atoms with Crippen LogP contribution in [0.2, 0.25) is 0 Å². The molecule has 0 bridgehead atoms. The molecule has 1 aromatic rings. The number of esters is 1. The van der Waals surface area contributed by atoms with Crippen molar-refractivity contribution in [3.8, 4) is 0 Å². The van der Waals surface area contributed by atoms with Crippen molar-refractivity contribution in [2.24, 2.45) is 0 Å². The van der Waals surface area contributed by atoms with Crippen LogP contribution in [-0.2, 0) is 23.7 Å². The molecule has 4 rings (SSSR count). The summed E-state index contributed by atoms with van der Waals surface area (Å²) in [4.78, 5) is 11.3. The Hall–Kier alpha value is -1.43. The van der Waals surface area contributed by atoms with Crippen LogP contribution in [0, 0.1) is 0 Å². The Kier molecular flexibility index (Phi) is 2.98. The van der Waals surface area contributed by atoms with Crippen LogP contribution in [0.5, 0.6) is 0 Å². The van der Waals surface area contributed by atoms with E-state index in [4.69, 9.17) is 18.9 Å². The third kappa shape index (κ3) is 2.12. The van der Waals surface area contributed by atoms with Crippen LogP contribution >= 0.6 is 0 Å². The fourth-order valence-electron chi connectivity index (χ4n) is 3.07. The normalized spacial score (nSPS) is 39.8. The molecule has 5 heteroatoms. The molecule has 0 saturated carbocycles. The standard InChI is InChI=1S/C15H16O5/c16-14-7-12-10(19-14)6-11-13(18-12)8-17-15(20-11)9-4-2-1-3-5-9/h1-5,10-13,15H,6-8H2/t10-,11-,12-,13+,15+/m0/s1. The van der Waals surface area contributed by atoms with Gasteiger partial charge in [0, 0.05) is 12.0 Å². The van der Waals surface area contributed by atoms with Crippen LogP contribution in [0.25, 0.3) is 0 Å². The Morgan fingerprint density at radius 2 is 1.80 bits per heavy atom. The molecule has 0 amide bonds. The monoisotopic (exact) mass is 276 g/mol. The van der Waals surface area contributed by atoms with E-state index in [1.807, 2.05) is 30.3 Å². The quantitative estimate of drug-likeness (QED) is 0.729. The maximum Gasteiger partial charge on any atom is 0.308 e. The third-order valence-corrected chi connectivity index (χ3v) is 4.08. The summed E-state index contributed by atoms with van der Waals surface area (Å²) < 4.78 is 22.9. The van der Waals surface area contributed by atoms with Gasteiger partial charge in [-0.25, -0.2) is 0 Å². The fraction of sp³-hybridized carbons (Fsp3) is 0.533. The Morgan fingerprint density at radius 3 is 2.65 bits per heavy atom.